The Hall–Kier alpha value is -1.59. The molecule has 0 aliphatic carbocycles. The zero-order valence-electron chi connectivity index (χ0n) is 37.4. The number of ether oxygens (including phenoxy) is 3. The van der Waals surface area contributed by atoms with Crippen molar-refractivity contribution in [2.75, 3.05) is 13.2 Å². The maximum atomic E-state index is 12.7. The van der Waals surface area contributed by atoms with Crippen LogP contribution in [-0.2, 0) is 28.6 Å². The lowest BCUT2D eigenvalue weighted by molar-refractivity contribution is -0.167. The van der Waals surface area contributed by atoms with E-state index < -0.39 is 6.10 Å². The van der Waals surface area contributed by atoms with Crippen LogP contribution < -0.4 is 0 Å². The minimum absolute atomic E-state index is 0.0641. The molecule has 55 heavy (non-hydrogen) atoms. The van der Waals surface area contributed by atoms with E-state index in [1.165, 1.54) is 161 Å². The topological polar surface area (TPSA) is 78.9 Å². The molecule has 0 aromatic rings. The van der Waals surface area contributed by atoms with Gasteiger partial charge >= 0.3 is 17.9 Å². The summed E-state index contributed by atoms with van der Waals surface area (Å²) >= 11 is 0. The van der Waals surface area contributed by atoms with Gasteiger partial charge in [0.05, 0.1) is 0 Å². The van der Waals surface area contributed by atoms with Crippen LogP contribution in [0.3, 0.4) is 0 Å². The Labute approximate surface area is 342 Å². The molecule has 0 saturated heterocycles. The first kappa shape index (κ1) is 53.4. The number of hydrogen-bond acceptors (Lipinski definition) is 6. The number of esters is 3. The summed E-state index contributed by atoms with van der Waals surface area (Å²) in [4.78, 5) is 37.5. The summed E-state index contributed by atoms with van der Waals surface area (Å²) in [6.45, 7) is 8.95. The molecule has 1 atom stereocenters. The fourth-order valence-corrected chi connectivity index (χ4v) is 7.33. The summed E-state index contributed by atoms with van der Waals surface area (Å²) in [5, 5.41) is 0. The molecule has 6 nitrogen and oxygen atoms in total. The fourth-order valence-electron chi connectivity index (χ4n) is 7.33. The lowest BCUT2D eigenvalue weighted by Gasteiger charge is -2.18. The molecule has 326 valence electrons. The highest BCUT2D eigenvalue weighted by atomic mass is 16.6. The van der Waals surface area contributed by atoms with Gasteiger partial charge in [-0.2, -0.15) is 0 Å². The van der Waals surface area contributed by atoms with Crippen LogP contribution in [0.2, 0.25) is 0 Å². The summed E-state index contributed by atoms with van der Waals surface area (Å²) < 4.78 is 16.6. The predicted octanol–water partition coefficient (Wildman–Crippen LogP) is 15.5. The standard InChI is InChI=1S/C49H94O6/c1-5-7-9-11-12-13-14-19-24-27-30-34-38-42-49(52)55-46(43-53-47(50)40-36-31-10-8-6-2)44-54-48(51)41-37-33-29-26-23-21-18-16-15-17-20-22-25-28-32-35-39-45(3)4/h45-46H,5-44H2,1-4H3/t46-/m0/s1. The molecule has 0 radical (unpaired) electrons. The molecule has 0 aromatic carbocycles. The lowest BCUT2D eigenvalue weighted by Crippen LogP contribution is -2.30. The van der Waals surface area contributed by atoms with Crippen LogP contribution in [0.4, 0.5) is 0 Å². The van der Waals surface area contributed by atoms with Crippen LogP contribution in [0.25, 0.3) is 0 Å². The SMILES string of the molecule is CCCCCCCCCCCCCCCC(=O)O[C@@H](COC(=O)CCCCCCC)COC(=O)CCCCCCCCCCCCCCCCCCC(C)C. The third-order valence-electron chi connectivity index (χ3n) is 11.0. The highest BCUT2D eigenvalue weighted by Gasteiger charge is 2.19. The Kier molecular flexibility index (Phi) is 42.3. The number of carbonyl (C=O) groups is 3. The van der Waals surface area contributed by atoms with Crippen LogP contribution in [0.1, 0.15) is 272 Å². The molecule has 0 amide bonds. The van der Waals surface area contributed by atoms with Crippen molar-refractivity contribution >= 4 is 17.9 Å². The van der Waals surface area contributed by atoms with Crippen molar-refractivity contribution in [3.05, 3.63) is 0 Å². The maximum absolute atomic E-state index is 12.7. The fraction of sp³-hybridized carbons (Fsp3) is 0.939. The van der Waals surface area contributed by atoms with Crippen molar-refractivity contribution in [1.82, 2.24) is 0 Å². The molecule has 0 rings (SSSR count). The van der Waals surface area contributed by atoms with E-state index in [1.54, 1.807) is 0 Å². The Balaban J connectivity index is 4.10. The average molecular weight is 779 g/mol. The summed E-state index contributed by atoms with van der Waals surface area (Å²) in [5.74, 6) is -0.0102. The monoisotopic (exact) mass is 779 g/mol. The summed E-state index contributed by atoms with van der Waals surface area (Å²) in [7, 11) is 0. The van der Waals surface area contributed by atoms with Gasteiger partial charge in [0.1, 0.15) is 13.2 Å². The van der Waals surface area contributed by atoms with Gasteiger partial charge in [-0.1, -0.05) is 233 Å². The zero-order chi connectivity index (χ0) is 40.3. The molecule has 0 N–H and O–H groups in total. The van der Waals surface area contributed by atoms with Gasteiger partial charge in [0, 0.05) is 19.3 Å². The molecule has 0 aliphatic rings. The second-order valence-corrected chi connectivity index (χ2v) is 17.2. The second-order valence-electron chi connectivity index (χ2n) is 17.2. The molecule has 6 heteroatoms. The molecular formula is C49H94O6. The van der Waals surface area contributed by atoms with Gasteiger partial charge in [-0.05, 0) is 25.2 Å². The van der Waals surface area contributed by atoms with Gasteiger partial charge in [-0.25, -0.2) is 0 Å². The van der Waals surface area contributed by atoms with Gasteiger partial charge in [0.2, 0.25) is 0 Å². The quantitative estimate of drug-likeness (QED) is 0.0348. The van der Waals surface area contributed by atoms with E-state index in [2.05, 4.69) is 27.7 Å². The number of rotatable bonds is 44. The number of carbonyl (C=O) groups excluding carboxylic acids is 3. The summed E-state index contributed by atoms with van der Waals surface area (Å²) in [6.07, 6.45) is 44.1. The van der Waals surface area contributed by atoms with E-state index in [4.69, 9.17) is 14.2 Å². The zero-order valence-corrected chi connectivity index (χ0v) is 37.4. The Morgan fingerprint density at radius 2 is 0.600 bits per heavy atom. The molecule has 0 unspecified atom stereocenters. The first-order valence-electron chi connectivity index (χ1n) is 24.4. The van der Waals surface area contributed by atoms with Crippen LogP contribution in [0.5, 0.6) is 0 Å². The normalized spacial score (nSPS) is 11.9. The van der Waals surface area contributed by atoms with Crippen LogP contribution >= 0.6 is 0 Å². The van der Waals surface area contributed by atoms with E-state index in [-0.39, 0.29) is 31.1 Å². The Bertz CT molecular complexity index is 826. The maximum Gasteiger partial charge on any atom is 0.306 e. The molecular weight excluding hydrogens is 685 g/mol. The van der Waals surface area contributed by atoms with E-state index in [9.17, 15) is 14.4 Å². The van der Waals surface area contributed by atoms with E-state index in [0.29, 0.717) is 19.3 Å². The Morgan fingerprint density at radius 1 is 0.345 bits per heavy atom. The molecule has 0 fully saturated rings. The lowest BCUT2D eigenvalue weighted by atomic mass is 10.0. The summed E-state index contributed by atoms with van der Waals surface area (Å²) in [5.41, 5.74) is 0. The first-order chi connectivity index (χ1) is 26.9. The molecule has 0 aliphatic heterocycles. The van der Waals surface area contributed by atoms with Crippen molar-refractivity contribution in [2.45, 2.75) is 278 Å². The van der Waals surface area contributed by atoms with Crippen molar-refractivity contribution in [3.8, 4) is 0 Å². The van der Waals surface area contributed by atoms with Crippen LogP contribution in [0, 0.1) is 5.92 Å². The van der Waals surface area contributed by atoms with Crippen LogP contribution in [0.15, 0.2) is 0 Å². The first-order valence-corrected chi connectivity index (χ1v) is 24.4. The van der Waals surface area contributed by atoms with Crippen molar-refractivity contribution in [2.24, 2.45) is 5.92 Å². The van der Waals surface area contributed by atoms with Gasteiger partial charge in [0.25, 0.3) is 0 Å². The third-order valence-corrected chi connectivity index (χ3v) is 11.0. The third kappa shape index (κ3) is 43.4. The van der Waals surface area contributed by atoms with Crippen LogP contribution in [-0.4, -0.2) is 37.2 Å². The van der Waals surface area contributed by atoms with Crippen molar-refractivity contribution in [3.63, 3.8) is 0 Å². The molecule has 0 spiro atoms. The highest BCUT2D eigenvalue weighted by Crippen LogP contribution is 2.17. The minimum atomic E-state index is -0.758. The van der Waals surface area contributed by atoms with E-state index in [1.807, 2.05) is 0 Å². The van der Waals surface area contributed by atoms with E-state index >= 15 is 0 Å². The van der Waals surface area contributed by atoms with Gasteiger partial charge in [-0.3, -0.25) is 14.4 Å². The van der Waals surface area contributed by atoms with Crippen molar-refractivity contribution in [1.29, 1.82) is 0 Å². The highest BCUT2D eigenvalue weighted by molar-refractivity contribution is 5.71. The molecule has 0 aromatic heterocycles. The second kappa shape index (κ2) is 43.5. The predicted molar refractivity (Wildman–Crippen MR) is 233 cm³/mol. The van der Waals surface area contributed by atoms with Gasteiger partial charge in [0.15, 0.2) is 6.10 Å². The Morgan fingerprint density at radius 3 is 0.891 bits per heavy atom. The average Bonchev–Trinajstić information content (AvgIpc) is 3.17. The number of unbranched alkanes of at least 4 members (excludes halogenated alkanes) is 31. The van der Waals surface area contributed by atoms with Gasteiger partial charge in [-0.15, -0.1) is 0 Å². The molecule has 0 heterocycles. The largest absolute Gasteiger partial charge is 0.462 e. The minimum Gasteiger partial charge on any atom is -0.462 e. The van der Waals surface area contributed by atoms with Crippen molar-refractivity contribution < 1.29 is 28.6 Å². The molecule has 0 bridgehead atoms. The van der Waals surface area contributed by atoms with Gasteiger partial charge < -0.3 is 14.2 Å². The van der Waals surface area contributed by atoms with E-state index in [0.717, 1.165) is 70.1 Å². The smallest absolute Gasteiger partial charge is 0.306 e. The number of hydrogen-bond donors (Lipinski definition) is 0. The summed E-state index contributed by atoms with van der Waals surface area (Å²) in [6, 6.07) is 0. The molecule has 0 saturated carbocycles.